The molecule has 37 heavy (non-hydrogen) atoms. The number of aliphatic hydroxyl groups is 1. The Hall–Kier alpha value is -4.02. The number of ether oxygens (including phenoxy) is 2. The average molecular weight is 537 g/mol. The summed E-state index contributed by atoms with van der Waals surface area (Å²) in [5.41, 5.74) is 0.936. The SMILES string of the molecule is C=CCOc1ccc(C2C(C(=O)c3cccs3)=C(O)C(=O)N2c2nc3ccc(F)cc3s2)cc1OCC. The Morgan fingerprint density at radius 2 is 2.05 bits per heavy atom. The lowest BCUT2D eigenvalue weighted by Crippen LogP contribution is -2.31. The van der Waals surface area contributed by atoms with Crippen molar-refractivity contribution in [2.75, 3.05) is 18.1 Å². The molecule has 1 unspecified atom stereocenters. The van der Waals surface area contributed by atoms with Crippen molar-refractivity contribution in [1.82, 2.24) is 4.98 Å². The van der Waals surface area contributed by atoms with Crippen LogP contribution < -0.4 is 14.4 Å². The number of hydrogen-bond donors (Lipinski definition) is 1. The smallest absolute Gasteiger partial charge is 0.296 e. The minimum Gasteiger partial charge on any atom is -0.503 e. The first-order chi connectivity index (χ1) is 17.9. The van der Waals surface area contributed by atoms with Crippen LogP contribution in [0.25, 0.3) is 10.2 Å². The molecule has 2 aromatic carbocycles. The van der Waals surface area contributed by atoms with Gasteiger partial charge in [0.1, 0.15) is 12.4 Å². The van der Waals surface area contributed by atoms with E-state index in [1.807, 2.05) is 6.92 Å². The van der Waals surface area contributed by atoms with E-state index >= 15 is 0 Å². The Labute approximate surface area is 219 Å². The standard InChI is InChI=1S/C27H21FN2O5S2/c1-3-11-35-18-10-7-15(13-19(18)34-4-2)23-22(24(31)20-6-5-12-36-20)25(32)26(33)30(23)27-29-17-9-8-16(28)14-21(17)37-27/h3,5-10,12-14,23,32H,1,4,11H2,2H3. The van der Waals surface area contributed by atoms with Crippen LogP contribution in [-0.4, -0.2) is 35.0 Å². The van der Waals surface area contributed by atoms with Gasteiger partial charge in [-0.2, -0.15) is 0 Å². The van der Waals surface area contributed by atoms with Gasteiger partial charge in [0, 0.05) is 0 Å². The highest BCUT2D eigenvalue weighted by molar-refractivity contribution is 7.22. The molecule has 2 aromatic heterocycles. The molecule has 1 amide bonds. The van der Waals surface area contributed by atoms with Gasteiger partial charge in [0.05, 0.1) is 33.3 Å². The molecule has 1 N–H and O–H groups in total. The molecule has 1 aliphatic rings. The fourth-order valence-electron chi connectivity index (χ4n) is 4.11. The number of Topliss-reactive ketones (excluding diaryl/α,β-unsaturated/α-hetero) is 1. The van der Waals surface area contributed by atoms with Gasteiger partial charge >= 0.3 is 0 Å². The van der Waals surface area contributed by atoms with Gasteiger partial charge in [-0.25, -0.2) is 9.37 Å². The normalized spacial score (nSPS) is 15.5. The van der Waals surface area contributed by atoms with E-state index < -0.39 is 29.3 Å². The minimum atomic E-state index is -1.000. The summed E-state index contributed by atoms with van der Waals surface area (Å²) < 4.78 is 25.9. The highest BCUT2D eigenvalue weighted by Crippen LogP contribution is 2.46. The number of thiophene rings is 1. The van der Waals surface area contributed by atoms with E-state index in [4.69, 9.17) is 9.47 Å². The van der Waals surface area contributed by atoms with Crippen LogP contribution in [0.1, 0.15) is 28.2 Å². The van der Waals surface area contributed by atoms with E-state index in [-0.39, 0.29) is 17.3 Å². The van der Waals surface area contributed by atoms with Crippen molar-refractivity contribution in [3.8, 4) is 11.5 Å². The number of hydrogen-bond acceptors (Lipinski definition) is 8. The van der Waals surface area contributed by atoms with Crippen LogP contribution in [-0.2, 0) is 4.79 Å². The summed E-state index contributed by atoms with van der Waals surface area (Å²) in [4.78, 5) is 33.1. The molecule has 3 heterocycles. The first-order valence-electron chi connectivity index (χ1n) is 11.3. The van der Waals surface area contributed by atoms with Gasteiger partial charge in [0.25, 0.3) is 5.91 Å². The number of nitrogens with zero attached hydrogens (tertiary/aromatic N) is 2. The molecule has 0 spiro atoms. The molecule has 5 rings (SSSR count). The maximum atomic E-state index is 13.8. The number of benzene rings is 2. The molecule has 7 nitrogen and oxygen atoms in total. The number of rotatable bonds is 9. The Morgan fingerprint density at radius 1 is 1.22 bits per heavy atom. The second-order valence-corrected chi connectivity index (χ2v) is 9.95. The summed E-state index contributed by atoms with van der Waals surface area (Å²) in [6.45, 7) is 6.10. The van der Waals surface area contributed by atoms with Crippen LogP contribution in [0.15, 0.2) is 77.9 Å². The first-order valence-corrected chi connectivity index (χ1v) is 13.0. The van der Waals surface area contributed by atoms with Gasteiger partial charge in [0.2, 0.25) is 5.78 Å². The molecule has 1 aliphatic heterocycles. The second kappa shape index (κ2) is 10.2. The van der Waals surface area contributed by atoms with Crippen LogP contribution in [0.5, 0.6) is 11.5 Å². The van der Waals surface area contributed by atoms with Crippen molar-refractivity contribution in [3.63, 3.8) is 0 Å². The number of fused-ring (bicyclic) bond motifs is 1. The van der Waals surface area contributed by atoms with Gasteiger partial charge in [-0.3, -0.25) is 14.5 Å². The quantitative estimate of drug-likeness (QED) is 0.201. The van der Waals surface area contributed by atoms with Gasteiger partial charge in [-0.1, -0.05) is 36.1 Å². The third kappa shape index (κ3) is 4.49. The molecule has 0 saturated carbocycles. The highest BCUT2D eigenvalue weighted by atomic mass is 32.1. The van der Waals surface area contributed by atoms with E-state index in [9.17, 15) is 19.1 Å². The molecular weight excluding hydrogens is 515 g/mol. The third-order valence-corrected chi connectivity index (χ3v) is 7.57. The predicted molar refractivity (Wildman–Crippen MR) is 141 cm³/mol. The third-order valence-electron chi connectivity index (χ3n) is 5.68. The molecule has 0 aliphatic carbocycles. The van der Waals surface area contributed by atoms with E-state index in [0.29, 0.717) is 38.8 Å². The number of carbonyl (C=O) groups is 2. The van der Waals surface area contributed by atoms with E-state index in [1.54, 1.807) is 41.8 Å². The molecule has 0 fully saturated rings. The van der Waals surface area contributed by atoms with Gasteiger partial charge < -0.3 is 14.6 Å². The topological polar surface area (TPSA) is 89.0 Å². The van der Waals surface area contributed by atoms with E-state index in [1.165, 1.54) is 34.4 Å². The van der Waals surface area contributed by atoms with Gasteiger partial charge in [0.15, 0.2) is 22.4 Å². The number of aliphatic hydroxyl groups excluding tert-OH is 1. The Balaban J connectivity index is 1.67. The summed E-state index contributed by atoms with van der Waals surface area (Å²) in [5, 5.41) is 12.9. The monoisotopic (exact) mass is 536 g/mol. The number of thiazole rings is 1. The van der Waals surface area contributed by atoms with Crippen molar-refractivity contribution in [3.05, 3.63) is 94.2 Å². The zero-order valence-electron chi connectivity index (χ0n) is 19.6. The van der Waals surface area contributed by atoms with E-state index in [0.717, 1.165) is 11.3 Å². The van der Waals surface area contributed by atoms with Crippen molar-refractivity contribution in [2.45, 2.75) is 13.0 Å². The Kier molecular flexibility index (Phi) is 6.77. The maximum absolute atomic E-state index is 13.8. The summed E-state index contributed by atoms with van der Waals surface area (Å²) in [5.74, 6) is -1.44. The molecule has 0 bridgehead atoms. The molecule has 4 aromatic rings. The summed E-state index contributed by atoms with van der Waals surface area (Å²) in [6.07, 6.45) is 1.61. The fourth-order valence-corrected chi connectivity index (χ4v) is 5.81. The average Bonchev–Trinajstić information content (AvgIpc) is 3.62. The van der Waals surface area contributed by atoms with Crippen LogP contribution in [0.4, 0.5) is 9.52 Å². The molecule has 0 radical (unpaired) electrons. The number of halogens is 1. The van der Waals surface area contributed by atoms with Crippen molar-refractivity contribution < 1.29 is 28.6 Å². The van der Waals surface area contributed by atoms with Crippen molar-refractivity contribution in [2.24, 2.45) is 0 Å². The van der Waals surface area contributed by atoms with E-state index in [2.05, 4.69) is 11.6 Å². The first kappa shape index (κ1) is 24.7. The van der Waals surface area contributed by atoms with Crippen molar-refractivity contribution in [1.29, 1.82) is 0 Å². The zero-order valence-corrected chi connectivity index (χ0v) is 21.3. The fraction of sp³-hybridized carbons (Fsp3) is 0.148. The molecule has 0 saturated heterocycles. The van der Waals surface area contributed by atoms with Crippen LogP contribution in [0, 0.1) is 5.82 Å². The maximum Gasteiger partial charge on any atom is 0.296 e. The second-order valence-electron chi connectivity index (χ2n) is 7.99. The van der Waals surface area contributed by atoms with Crippen LogP contribution in [0.3, 0.4) is 0 Å². The van der Waals surface area contributed by atoms with Crippen LogP contribution in [0.2, 0.25) is 0 Å². The Bertz CT molecular complexity index is 1540. The van der Waals surface area contributed by atoms with Gasteiger partial charge in [-0.15, -0.1) is 11.3 Å². The summed E-state index contributed by atoms with van der Waals surface area (Å²) >= 11 is 2.30. The number of anilines is 1. The lowest BCUT2D eigenvalue weighted by Gasteiger charge is -2.25. The Morgan fingerprint density at radius 3 is 2.78 bits per heavy atom. The highest BCUT2D eigenvalue weighted by Gasteiger charge is 2.46. The number of ketones is 1. The number of carbonyl (C=O) groups excluding carboxylic acids is 2. The van der Waals surface area contributed by atoms with Crippen LogP contribution >= 0.6 is 22.7 Å². The van der Waals surface area contributed by atoms with Gasteiger partial charge in [-0.05, 0) is 54.3 Å². The molecule has 188 valence electrons. The largest absolute Gasteiger partial charge is 0.503 e. The lowest BCUT2D eigenvalue weighted by molar-refractivity contribution is -0.117. The predicted octanol–water partition coefficient (Wildman–Crippen LogP) is 6.24. The summed E-state index contributed by atoms with van der Waals surface area (Å²) in [7, 11) is 0. The number of aromatic nitrogens is 1. The minimum absolute atomic E-state index is 0.0694. The zero-order chi connectivity index (χ0) is 26.1. The molecule has 1 atom stereocenters. The molecule has 10 heteroatoms. The summed E-state index contributed by atoms with van der Waals surface area (Å²) in [6, 6.07) is 11.6. The van der Waals surface area contributed by atoms with Crippen molar-refractivity contribution >= 4 is 49.7 Å². The lowest BCUT2D eigenvalue weighted by atomic mass is 9.95. The molecular formula is C27H21FN2O5S2. The number of amides is 1.